The smallest absolute Gasteiger partial charge is 1.00 e. The van der Waals surface area contributed by atoms with Crippen molar-refractivity contribution in [1.29, 1.82) is 0 Å². The molecule has 0 amide bonds. The van der Waals surface area contributed by atoms with Gasteiger partial charge in [0.05, 0.1) is 11.1 Å². The summed E-state index contributed by atoms with van der Waals surface area (Å²) in [5.41, 5.74) is 0.167. The third-order valence-corrected chi connectivity index (χ3v) is 1.38. The zero-order valence-corrected chi connectivity index (χ0v) is 12.0. The number of rotatable bonds is 2. The number of carboxylic acids is 2. The molecule has 96 valence electrons. The van der Waals surface area contributed by atoms with Crippen LogP contribution < -0.4 is 29.6 Å². The van der Waals surface area contributed by atoms with Crippen molar-refractivity contribution in [2.24, 2.45) is 0 Å². The molecule has 10 heteroatoms. The Labute approximate surface area is 126 Å². The minimum absolute atomic E-state index is 0. The predicted molar refractivity (Wildman–Crippen MR) is 55.7 cm³/mol. The number of carboxylic acid groups (broad SMARTS) is 2. The molecule has 0 aliphatic heterocycles. The maximum atomic E-state index is 10.3. The standard InChI is InChI=1S/C8H6O4.Na.H2O4S.H/c9-7(10)5-1-2-6(4-3-5)8(11)12;;1-5(2,3)4;/h1-4H,(H,9,10)(H,11,12);;(H2,1,2,3,4);/q;+1;;-1. The number of hydrogen-bond donors (Lipinski definition) is 4. The molecule has 0 unspecified atom stereocenters. The summed E-state index contributed by atoms with van der Waals surface area (Å²) in [5, 5.41) is 16.9. The van der Waals surface area contributed by atoms with Gasteiger partial charge in [0.1, 0.15) is 0 Å². The van der Waals surface area contributed by atoms with Crippen molar-refractivity contribution in [1.82, 2.24) is 0 Å². The largest absolute Gasteiger partial charge is 1.00 e. The molecule has 0 bridgehead atoms. The van der Waals surface area contributed by atoms with E-state index in [1.54, 1.807) is 0 Å². The second-order valence-corrected chi connectivity index (χ2v) is 3.53. The van der Waals surface area contributed by atoms with E-state index < -0.39 is 22.3 Å². The van der Waals surface area contributed by atoms with Crippen molar-refractivity contribution in [3.63, 3.8) is 0 Å². The third-order valence-electron chi connectivity index (χ3n) is 1.38. The van der Waals surface area contributed by atoms with Crippen LogP contribution in [0.5, 0.6) is 0 Å². The quantitative estimate of drug-likeness (QED) is 0.346. The van der Waals surface area contributed by atoms with Gasteiger partial charge in [-0.3, -0.25) is 9.11 Å². The summed E-state index contributed by atoms with van der Waals surface area (Å²) < 4.78 is 31.6. The molecule has 1 rings (SSSR count). The molecule has 1 aromatic rings. The van der Waals surface area contributed by atoms with E-state index in [2.05, 4.69) is 0 Å². The van der Waals surface area contributed by atoms with Crippen LogP contribution in [0.2, 0.25) is 0 Å². The van der Waals surface area contributed by atoms with E-state index in [0.717, 1.165) is 0 Å². The predicted octanol–water partition coefficient (Wildman–Crippen LogP) is -2.45. The van der Waals surface area contributed by atoms with Gasteiger partial charge in [0.15, 0.2) is 0 Å². The Bertz CT molecular complexity index is 471. The Hall–Kier alpha value is -0.970. The Morgan fingerprint density at radius 2 is 1.06 bits per heavy atom. The van der Waals surface area contributed by atoms with Gasteiger partial charge in [0.2, 0.25) is 0 Å². The van der Waals surface area contributed by atoms with Gasteiger partial charge in [-0.05, 0) is 24.3 Å². The van der Waals surface area contributed by atoms with Gasteiger partial charge in [0, 0.05) is 0 Å². The molecule has 18 heavy (non-hydrogen) atoms. The van der Waals surface area contributed by atoms with Crippen LogP contribution in [0, 0.1) is 0 Å². The van der Waals surface area contributed by atoms with Gasteiger partial charge in [-0.2, -0.15) is 8.42 Å². The molecular weight excluding hydrogens is 279 g/mol. The number of benzene rings is 1. The summed E-state index contributed by atoms with van der Waals surface area (Å²) in [7, 11) is -4.67. The maximum absolute atomic E-state index is 10.3. The first-order valence-corrected chi connectivity index (χ1v) is 5.27. The molecule has 1 aromatic carbocycles. The van der Waals surface area contributed by atoms with Crippen LogP contribution in [-0.2, 0) is 10.4 Å². The second-order valence-electron chi connectivity index (χ2n) is 2.64. The maximum Gasteiger partial charge on any atom is 1.00 e. The van der Waals surface area contributed by atoms with Gasteiger partial charge in [-0.25, -0.2) is 9.59 Å². The molecule has 0 radical (unpaired) electrons. The van der Waals surface area contributed by atoms with Crippen LogP contribution in [0.3, 0.4) is 0 Å². The molecule has 8 nitrogen and oxygen atoms in total. The second kappa shape index (κ2) is 8.19. The zero-order chi connectivity index (χ0) is 13.6. The summed E-state index contributed by atoms with van der Waals surface area (Å²) in [5.74, 6) is -2.13. The molecular formula is C8H9NaO8S. The van der Waals surface area contributed by atoms with Crippen LogP contribution in [0.1, 0.15) is 22.1 Å². The molecule has 4 N–H and O–H groups in total. The van der Waals surface area contributed by atoms with Crippen LogP contribution in [0.15, 0.2) is 24.3 Å². The SMILES string of the molecule is O=C(O)c1ccc(C(=O)O)cc1.O=S(=O)(O)O.[H-].[Na+]. The van der Waals surface area contributed by atoms with E-state index in [1.807, 2.05) is 0 Å². The van der Waals surface area contributed by atoms with Gasteiger partial charge in [0.25, 0.3) is 0 Å². The summed E-state index contributed by atoms with van der Waals surface area (Å²) in [6, 6.07) is 5.02. The van der Waals surface area contributed by atoms with E-state index >= 15 is 0 Å². The summed E-state index contributed by atoms with van der Waals surface area (Å²) >= 11 is 0. The van der Waals surface area contributed by atoms with E-state index in [-0.39, 0.29) is 42.1 Å². The normalized spacial score (nSPS) is 9.44. The minimum Gasteiger partial charge on any atom is -1.00 e. The van der Waals surface area contributed by atoms with Gasteiger partial charge in [-0.15, -0.1) is 0 Å². The van der Waals surface area contributed by atoms with Crippen LogP contribution >= 0.6 is 0 Å². The number of carbonyl (C=O) groups is 2. The Balaban J connectivity index is -0.000000320. The molecule has 0 aromatic heterocycles. The van der Waals surface area contributed by atoms with E-state index in [1.165, 1.54) is 24.3 Å². The molecule has 0 aliphatic carbocycles. The fourth-order valence-electron chi connectivity index (χ4n) is 0.755. The molecule has 0 saturated heterocycles. The van der Waals surface area contributed by atoms with Crippen molar-refractivity contribution in [3.05, 3.63) is 35.4 Å². The fourth-order valence-corrected chi connectivity index (χ4v) is 0.755. The van der Waals surface area contributed by atoms with Crippen molar-refractivity contribution >= 4 is 22.3 Å². The zero-order valence-electron chi connectivity index (χ0n) is 10.1. The molecule has 0 fully saturated rings. The average molecular weight is 288 g/mol. The monoisotopic (exact) mass is 288 g/mol. The van der Waals surface area contributed by atoms with E-state index in [4.69, 9.17) is 27.7 Å². The first-order chi connectivity index (χ1) is 7.61. The summed E-state index contributed by atoms with van der Waals surface area (Å²) in [4.78, 5) is 20.7. The Kier molecular flexibility index (Phi) is 8.81. The van der Waals surface area contributed by atoms with Gasteiger partial charge in [-0.1, -0.05) is 0 Å². The number of hydrogen-bond acceptors (Lipinski definition) is 4. The molecule has 0 atom stereocenters. The average Bonchev–Trinajstić information content (AvgIpc) is 2.15. The van der Waals surface area contributed by atoms with E-state index in [0.29, 0.717) is 0 Å². The number of aromatic carboxylic acids is 2. The van der Waals surface area contributed by atoms with E-state index in [9.17, 15) is 9.59 Å². The molecule has 0 saturated carbocycles. The first-order valence-electron chi connectivity index (χ1n) is 3.88. The Morgan fingerprint density at radius 1 is 0.889 bits per heavy atom. The van der Waals surface area contributed by atoms with Gasteiger partial charge < -0.3 is 11.6 Å². The fraction of sp³-hybridized carbons (Fsp3) is 0. The van der Waals surface area contributed by atoms with Crippen molar-refractivity contribution < 1.29 is 68.3 Å². The summed E-state index contributed by atoms with van der Waals surface area (Å²) in [6.07, 6.45) is 0. The molecule has 0 aliphatic rings. The van der Waals surface area contributed by atoms with Crippen molar-refractivity contribution in [2.75, 3.05) is 0 Å². The molecule has 0 spiro atoms. The topological polar surface area (TPSA) is 149 Å². The van der Waals surface area contributed by atoms with Gasteiger partial charge >= 0.3 is 51.9 Å². The van der Waals surface area contributed by atoms with Crippen molar-refractivity contribution in [3.8, 4) is 0 Å². The molecule has 0 heterocycles. The van der Waals surface area contributed by atoms with Crippen LogP contribution in [0.4, 0.5) is 0 Å². The van der Waals surface area contributed by atoms with Crippen LogP contribution in [-0.4, -0.2) is 39.7 Å². The minimum atomic E-state index is -4.67. The summed E-state index contributed by atoms with van der Waals surface area (Å²) in [6.45, 7) is 0. The first kappa shape index (κ1) is 19.4. The van der Waals surface area contributed by atoms with Crippen LogP contribution in [0.25, 0.3) is 0 Å². The Morgan fingerprint density at radius 3 is 1.17 bits per heavy atom. The van der Waals surface area contributed by atoms with Crippen molar-refractivity contribution in [2.45, 2.75) is 0 Å². The third kappa shape index (κ3) is 10.2.